The van der Waals surface area contributed by atoms with E-state index in [4.69, 9.17) is 0 Å². The zero-order valence-electron chi connectivity index (χ0n) is 8.61. The van der Waals surface area contributed by atoms with Crippen molar-refractivity contribution in [2.75, 3.05) is 0 Å². The van der Waals surface area contributed by atoms with Gasteiger partial charge in [0.25, 0.3) is 0 Å². The highest BCUT2D eigenvalue weighted by Crippen LogP contribution is 2.35. The Morgan fingerprint density at radius 1 is 1.31 bits per heavy atom. The van der Waals surface area contributed by atoms with Crippen molar-refractivity contribution in [3.8, 4) is 0 Å². The summed E-state index contributed by atoms with van der Waals surface area (Å²) in [6.45, 7) is 8.11. The van der Waals surface area contributed by atoms with E-state index in [9.17, 15) is 5.11 Å². The molecule has 2 nitrogen and oxygen atoms in total. The molecule has 0 saturated heterocycles. The lowest BCUT2D eigenvalue weighted by atomic mass is 9.78. The fraction of sp³-hybridized carbons (Fsp3) is 0.700. The van der Waals surface area contributed by atoms with Crippen molar-refractivity contribution in [2.24, 2.45) is 11.8 Å². The van der Waals surface area contributed by atoms with E-state index in [1.165, 1.54) is 11.5 Å². The maximum Gasteiger partial charge on any atom is 0.112 e. The van der Waals surface area contributed by atoms with Crippen LogP contribution in [0.3, 0.4) is 0 Å². The lowest BCUT2D eigenvalue weighted by Crippen LogP contribution is -2.37. The van der Waals surface area contributed by atoms with Crippen molar-refractivity contribution >= 4 is 11.5 Å². The van der Waals surface area contributed by atoms with Crippen LogP contribution in [0.1, 0.15) is 33.4 Å². The Morgan fingerprint density at radius 3 is 2.15 bits per heavy atom. The first-order chi connectivity index (χ1) is 5.99. The third-order valence-corrected chi connectivity index (χ3v) is 3.17. The van der Waals surface area contributed by atoms with Crippen LogP contribution in [0.2, 0.25) is 0 Å². The van der Waals surface area contributed by atoms with Gasteiger partial charge in [-0.2, -0.15) is 4.37 Å². The summed E-state index contributed by atoms with van der Waals surface area (Å²) in [6.07, 6.45) is 0. The second kappa shape index (κ2) is 3.76. The van der Waals surface area contributed by atoms with Gasteiger partial charge < -0.3 is 5.11 Å². The highest BCUT2D eigenvalue weighted by Gasteiger charge is 2.38. The second-order valence-corrected chi connectivity index (χ2v) is 4.68. The van der Waals surface area contributed by atoms with Gasteiger partial charge in [-0.25, -0.2) is 0 Å². The molecule has 0 aliphatic rings. The largest absolute Gasteiger partial charge is 0.383 e. The van der Waals surface area contributed by atoms with Crippen molar-refractivity contribution in [3.63, 3.8) is 0 Å². The molecule has 0 radical (unpaired) electrons. The van der Waals surface area contributed by atoms with Crippen molar-refractivity contribution in [1.29, 1.82) is 0 Å². The van der Waals surface area contributed by atoms with Crippen LogP contribution < -0.4 is 0 Å². The predicted molar refractivity (Wildman–Crippen MR) is 55.7 cm³/mol. The van der Waals surface area contributed by atoms with Gasteiger partial charge in [0.1, 0.15) is 5.60 Å². The molecule has 0 aliphatic carbocycles. The summed E-state index contributed by atoms with van der Waals surface area (Å²) in [7, 11) is 0. The predicted octanol–water partition coefficient (Wildman–Crippen LogP) is 2.64. The minimum atomic E-state index is -0.778. The summed E-state index contributed by atoms with van der Waals surface area (Å²) in [5.41, 5.74) is 0.0301. The van der Waals surface area contributed by atoms with E-state index >= 15 is 0 Å². The molecule has 1 rings (SSSR count). The van der Waals surface area contributed by atoms with E-state index in [1.54, 1.807) is 0 Å². The molecule has 74 valence electrons. The Morgan fingerprint density at radius 2 is 1.85 bits per heavy atom. The molecular formula is C10H17NOS. The molecule has 1 heterocycles. The minimum absolute atomic E-state index is 0.189. The molecule has 0 aromatic carbocycles. The van der Waals surface area contributed by atoms with Crippen LogP contribution in [-0.4, -0.2) is 9.48 Å². The van der Waals surface area contributed by atoms with Gasteiger partial charge in [-0.15, -0.1) is 0 Å². The van der Waals surface area contributed by atoms with Gasteiger partial charge in [-0.1, -0.05) is 27.7 Å². The third kappa shape index (κ3) is 1.76. The first kappa shape index (κ1) is 10.7. The maximum atomic E-state index is 10.5. The number of aliphatic hydroxyl groups is 1. The molecular weight excluding hydrogens is 182 g/mol. The number of rotatable bonds is 3. The van der Waals surface area contributed by atoms with E-state index < -0.39 is 5.60 Å². The van der Waals surface area contributed by atoms with E-state index in [0.29, 0.717) is 0 Å². The van der Waals surface area contributed by atoms with E-state index in [1.807, 2.05) is 39.1 Å². The molecule has 0 amide bonds. The first-order valence-electron chi connectivity index (χ1n) is 4.62. The van der Waals surface area contributed by atoms with Gasteiger partial charge in [0.2, 0.25) is 0 Å². The molecule has 1 aromatic heterocycles. The topological polar surface area (TPSA) is 33.1 Å². The Hall–Kier alpha value is -0.410. The van der Waals surface area contributed by atoms with Gasteiger partial charge in [0.15, 0.2) is 0 Å². The van der Waals surface area contributed by atoms with Gasteiger partial charge in [-0.05, 0) is 29.4 Å². The van der Waals surface area contributed by atoms with E-state index in [0.717, 1.165) is 5.69 Å². The summed E-state index contributed by atoms with van der Waals surface area (Å²) in [6, 6.07) is 1.91. The number of hydrogen-bond donors (Lipinski definition) is 1. The fourth-order valence-corrected chi connectivity index (χ4v) is 2.25. The van der Waals surface area contributed by atoms with Crippen molar-refractivity contribution < 1.29 is 5.11 Å². The van der Waals surface area contributed by atoms with Gasteiger partial charge >= 0.3 is 0 Å². The van der Waals surface area contributed by atoms with E-state index in [-0.39, 0.29) is 11.8 Å². The lowest BCUT2D eigenvalue weighted by molar-refractivity contribution is -0.0560. The molecule has 3 heteroatoms. The van der Waals surface area contributed by atoms with E-state index in [2.05, 4.69) is 4.37 Å². The fourth-order valence-electron chi connectivity index (χ4n) is 1.68. The average molecular weight is 199 g/mol. The second-order valence-electron chi connectivity index (χ2n) is 4.02. The molecule has 0 aliphatic heterocycles. The minimum Gasteiger partial charge on any atom is -0.383 e. The van der Waals surface area contributed by atoms with Gasteiger partial charge in [0.05, 0.1) is 5.69 Å². The SMILES string of the molecule is CC(C)C(O)(c1ccsn1)C(C)C. The monoisotopic (exact) mass is 199 g/mol. The number of nitrogens with zero attached hydrogens (tertiary/aromatic N) is 1. The molecule has 13 heavy (non-hydrogen) atoms. The average Bonchev–Trinajstić information content (AvgIpc) is 2.54. The summed E-state index contributed by atoms with van der Waals surface area (Å²) in [5, 5.41) is 12.4. The van der Waals surface area contributed by atoms with Crippen LogP contribution in [0.4, 0.5) is 0 Å². The maximum absolute atomic E-state index is 10.5. The summed E-state index contributed by atoms with van der Waals surface area (Å²) in [4.78, 5) is 0. The van der Waals surface area contributed by atoms with Crippen LogP contribution in [0.25, 0.3) is 0 Å². The van der Waals surface area contributed by atoms with Gasteiger partial charge in [-0.3, -0.25) is 0 Å². The quantitative estimate of drug-likeness (QED) is 0.811. The third-order valence-electron chi connectivity index (χ3n) is 2.61. The van der Waals surface area contributed by atoms with Crippen molar-refractivity contribution in [3.05, 3.63) is 17.1 Å². The van der Waals surface area contributed by atoms with Crippen LogP contribution in [0.5, 0.6) is 0 Å². The van der Waals surface area contributed by atoms with Crippen molar-refractivity contribution in [1.82, 2.24) is 4.37 Å². The standard InChI is InChI=1S/C10H17NOS/c1-7(2)10(12,8(3)4)9-5-6-13-11-9/h5-8,12H,1-4H3. The molecule has 0 atom stereocenters. The molecule has 0 fully saturated rings. The smallest absolute Gasteiger partial charge is 0.112 e. The molecule has 0 saturated carbocycles. The van der Waals surface area contributed by atoms with Crippen LogP contribution in [0, 0.1) is 11.8 Å². The van der Waals surface area contributed by atoms with Crippen LogP contribution >= 0.6 is 11.5 Å². The normalized spacial score (nSPS) is 12.8. The summed E-state index contributed by atoms with van der Waals surface area (Å²) < 4.78 is 4.22. The van der Waals surface area contributed by atoms with Crippen LogP contribution in [-0.2, 0) is 5.60 Å². The number of hydrogen-bond acceptors (Lipinski definition) is 3. The molecule has 1 aromatic rings. The highest BCUT2D eigenvalue weighted by molar-refractivity contribution is 7.03. The highest BCUT2D eigenvalue weighted by atomic mass is 32.1. The molecule has 1 N–H and O–H groups in total. The Labute approximate surface area is 83.8 Å². The van der Waals surface area contributed by atoms with Gasteiger partial charge in [0, 0.05) is 5.38 Å². The summed E-state index contributed by atoms with van der Waals surface area (Å²) in [5.74, 6) is 0.379. The molecule has 0 spiro atoms. The zero-order valence-corrected chi connectivity index (χ0v) is 9.43. The Kier molecular flexibility index (Phi) is 3.09. The summed E-state index contributed by atoms with van der Waals surface area (Å²) >= 11 is 1.39. The zero-order chi connectivity index (χ0) is 10.1. The first-order valence-corrected chi connectivity index (χ1v) is 5.46. The van der Waals surface area contributed by atoms with Crippen LogP contribution in [0.15, 0.2) is 11.4 Å². The molecule has 0 unspecified atom stereocenters. The number of aromatic nitrogens is 1. The Bertz CT molecular complexity index is 246. The molecule has 0 bridgehead atoms. The Balaban J connectivity index is 3.06. The lowest BCUT2D eigenvalue weighted by Gasteiger charge is -2.34. The van der Waals surface area contributed by atoms with Crippen molar-refractivity contribution in [2.45, 2.75) is 33.3 Å².